The van der Waals surface area contributed by atoms with Crippen LogP contribution in [0.5, 0.6) is 0 Å². The minimum absolute atomic E-state index is 0.287. The van der Waals surface area contributed by atoms with Crippen LogP contribution >= 0.6 is 11.6 Å². The van der Waals surface area contributed by atoms with Gasteiger partial charge in [-0.2, -0.15) is 0 Å². The molecule has 1 aliphatic rings. The summed E-state index contributed by atoms with van der Waals surface area (Å²) in [5.41, 5.74) is 0. The first-order valence-electron chi connectivity index (χ1n) is 4.52. The number of ether oxygens (including phenoxy) is 1. The van der Waals surface area contributed by atoms with E-state index in [2.05, 4.69) is 16.8 Å². The van der Waals surface area contributed by atoms with Crippen molar-refractivity contribution in [3.8, 4) is 0 Å². The lowest BCUT2D eigenvalue weighted by atomic mass is 10.3. The predicted molar refractivity (Wildman–Crippen MR) is 55.1 cm³/mol. The summed E-state index contributed by atoms with van der Waals surface area (Å²) in [5.74, 6) is 0. The molecule has 1 N–H and O–H groups in total. The second kappa shape index (κ2) is 5.60. The van der Waals surface area contributed by atoms with Crippen molar-refractivity contribution in [2.45, 2.75) is 6.10 Å². The molecule has 0 aromatic carbocycles. The first-order chi connectivity index (χ1) is 6.18. The van der Waals surface area contributed by atoms with E-state index in [1.165, 1.54) is 0 Å². The van der Waals surface area contributed by atoms with Crippen LogP contribution in [-0.2, 0) is 4.74 Å². The summed E-state index contributed by atoms with van der Waals surface area (Å²) in [6.07, 6.45) is 0.287. The summed E-state index contributed by atoms with van der Waals surface area (Å²) in [6, 6.07) is 0. The fourth-order valence-corrected chi connectivity index (χ4v) is 1.65. The predicted octanol–water partition coefficient (Wildman–Crippen LogP) is 0.659. The van der Waals surface area contributed by atoms with Crippen LogP contribution < -0.4 is 5.32 Å². The summed E-state index contributed by atoms with van der Waals surface area (Å²) < 4.78 is 5.55. The Hall–Kier alpha value is -0.0900. The molecule has 0 aromatic heterocycles. The number of rotatable bonds is 4. The molecule has 13 heavy (non-hydrogen) atoms. The molecule has 0 radical (unpaired) electrons. The number of halogens is 1. The zero-order valence-electron chi connectivity index (χ0n) is 8.05. The Labute approximate surface area is 84.7 Å². The number of nitrogens with zero attached hydrogens (tertiary/aromatic N) is 1. The molecule has 3 nitrogen and oxygen atoms in total. The van der Waals surface area contributed by atoms with E-state index < -0.39 is 0 Å². The maximum atomic E-state index is 5.70. The van der Waals surface area contributed by atoms with Crippen LogP contribution in [0.25, 0.3) is 0 Å². The zero-order chi connectivity index (χ0) is 9.68. The number of morpholine rings is 1. The second-order valence-electron chi connectivity index (χ2n) is 3.41. The molecule has 0 bridgehead atoms. The number of hydrogen-bond acceptors (Lipinski definition) is 3. The third kappa shape index (κ3) is 4.62. The van der Waals surface area contributed by atoms with Crippen LogP contribution in [0.1, 0.15) is 0 Å². The highest BCUT2D eigenvalue weighted by atomic mass is 35.5. The van der Waals surface area contributed by atoms with Crippen LogP contribution in [0.2, 0.25) is 0 Å². The molecule has 1 saturated heterocycles. The molecule has 0 saturated carbocycles. The SMILES string of the molecule is C=C(Cl)CN(C)CC1CNCCO1. The van der Waals surface area contributed by atoms with E-state index in [0.717, 1.165) is 32.8 Å². The van der Waals surface area contributed by atoms with Gasteiger partial charge in [0.15, 0.2) is 0 Å². The molecule has 1 fully saturated rings. The Morgan fingerprint density at radius 3 is 3.08 bits per heavy atom. The van der Waals surface area contributed by atoms with Gasteiger partial charge in [0.2, 0.25) is 0 Å². The van der Waals surface area contributed by atoms with Crippen molar-refractivity contribution in [1.82, 2.24) is 10.2 Å². The van der Waals surface area contributed by atoms with Gasteiger partial charge in [-0.25, -0.2) is 0 Å². The van der Waals surface area contributed by atoms with Crippen molar-refractivity contribution in [3.05, 3.63) is 11.6 Å². The van der Waals surface area contributed by atoms with Gasteiger partial charge >= 0.3 is 0 Å². The summed E-state index contributed by atoms with van der Waals surface area (Å²) in [4.78, 5) is 2.12. The molecule has 1 rings (SSSR count). The second-order valence-corrected chi connectivity index (χ2v) is 3.95. The summed E-state index contributed by atoms with van der Waals surface area (Å²) in [7, 11) is 2.02. The van der Waals surface area contributed by atoms with Gasteiger partial charge in [0.05, 0.1) is 12.7 Å². The minimum Gasteiger partial charge on any atom is -0.374 e. The van der Waals surface area contributed by atoms with E-state index in [9.17, 15) is 0 Å². The van der Waals surface area contributed by atoms with Crippen molar-refractivity contribution >= 4 is 11.6 Å². The van der Waals surface area contributed by atoms with E-state index in [4.69, 9.17) is 16.3 Å². The molecule has 0 spiro atoms. The van der Waals surface area contributed by atoms with Crippen molar-refractivity contribution in [3.63, 3.8) is 0 Å². The molecule has 1 heterocycles. The maximum absolute atomic E-state index is 5.70. The monoisotopic (exact) mass is 204 g/mol. The third-order valence-corrected chi connectivity index (χ3v) is 2.08. The Morgan fingerprint density at radius 1 is 1.77 bits per heavy atom. The molecule has 1 aliphatic heterocycles. The Morgan fingerprint density at radius 2 is 2.54 bits per heavy atom. The third-order valence-electron chi connectivity index (χ3n) is 1.96. The Bertz CT molecular complexity index is 169. The van der Waals surface area contributed by atoms with Gasteiger partial charge in [-0.15, -0.1) is 0 Å². The van der Waals surface area contributed by atoms with Gasteiger partial charge in [0, 0.05) is 31.2 Å². The van der Waals surface area contributed by atoms with Crippen LogP contribution in [-0.4, -0.2) is 50.8 Å². The molecule has 1 atom stereocenters. The lowest BCUT2D eigenvalue weighted by Gasteiger charge is -2.27. The highest BCUT2D eigenvalue weighted by Crippen LogP contribution is 2.03. The highest BCUT2D eigenvalue weighted by Gasteiger charge is 2.15. The standard InChI is InChI=1S/C9H17ClN2O/c1-8(10)6-12(2)7-9-5-11-3-4-13-9/h9,11H,1,3-7H2,2H3. The van der Waals surface area contributed by atoms with Crippen molar-refractivity contribution in [2.75, 3.05) is 39.8 Å². The van der Waals surface area contributed by atoms with Crippen LogP contribution in [0.4, 0.5) is 0 Å². The summed E-state index contributed by atoms with van der Waals surface area (Å²) in [6.45, 7) is 7.98. The van der Waals surface area contributed by atoms with E-state index in [-0.39, 0.29) is 6.10 Å². The maximum Gasteiger partial charge on any atom is 0.0826 e. The minimum atomic E-state index is 0.287. The first-order valence-corrected chi connectivity index (χ1v) is 4.90. The van der Waals surface area contributed by atoms with Gasteiger partial charge in [-0.05, 0) is 7.05 Å². The van der Waals surface area contributed by atoms with Crippen molar-refractivity contribution < 1.29 is 4.74 Å². The Balaban J connectivity index is 2.18. The molecule has 1 unspecified atom stereocenters. The average Bonchev–Trinajstić information content (AvgIpc) is 2.04. The van der Waals surface area contributed by atoms with Gasteiger partial charge in [0.1, 0.15) is 0 Å². The van der Waals surface area contributed by atoms with E-state index in [1.54, 1.807) is 0 Å². The van der Waals surface area contributed by atoms with Crippen molar-refractivity contribution in [1.29, 1.82) is 0 Å². The normalized spacial score (nSPS) is 23.5. The molecule has 0 aromatic rings. The van der Waals surface area contributed by atoms with Gasteiger partial charge in [0.25, 0.3) is 0 Å². The lowest BCUT2D eigenvalue weighted by Crippen LogP contribution is -2.44. The largest absolute Gasteiger partial charge is 0.374 e. The molecular formula is C9H17ClN2O. The van der Waals surface area contributed by atoms with Crippen molar-refractivity contribution in [2.24, 2.45) is 0 Å². The van der Waals surface area contributed by atoms with E-state index in [0.29, 0.717) is 5.03 Å². The molecule has 4 heteroatoms. The highest BCUT2D eigenvalue weighted by molar-refractivity contribution is 6.29. The number of hydrogen-bond donors (Lipinski definition) is 1. The van der Waals surface area contributed by atoms with Gasteiger partial charge in [-0.1, -0.05) is 18.2 Å². The van der Waals surface area contributed by atoms with Gasteiger partial charge in [-0.3, -0.25) is 4.90 Å². The smallest absolute Gasteiger partial charge is 0.0826 e. The summed E-state index contributed by atoms with van der Waals surface area (Å²) in [5, 5.41) is 3.96. The Kier molecular flexibility index (Phi) is 4.73. The molecule has 0 amide bonds. The number of nitrogens with one attached hydrogen (secondary N) is 1. The summed E-state index contributed by atoms with van der Waals surface area (Å²) >= 11 is 5.70. The first kappa shape index (κ1) is 11.0. The fraction of sp³-hybridized carbons (Fsp3) is 0.778. The van der Waals surface area contributed by atoms with E-state index >= 15 is 0 Å². The van der Waals surface area contributed by atoms with Crippen LogP contribution in [0.3, 0.4) is 0 Å². The topological polar surface area (TPSA) is 24.5 Å². The molecule has 76 valence electrons. The fourth-order valence-electron chi connectivity index (χ4n) is 1.44. The lowest BCUT2D eigenvalue weighted by molar-refractivity contribution is 0.0117. The van der Waals surface area contributed by atoms with Crippen LogP contribution in [0.15, 0.2) is 11.6 Å². The number of likely N-dealkylation sites (N-methyl/N-ethyl adjacent to an activating group) is 1. The average molecular weight is 205 g/mol. The van der Waals surface area contributed by atoms with E-state index in [1.807, 2.05) is 7.05 Å². The van der Waals surface area contributed by atoms with Crippen LogP contribution in [0, 0.1) is 0 Å². The molecule has 0 aliphatic carbocycles. The molecular weight excluding hydrogens is 188 g/mol. The quantitative estimate of drug-likeness (QED) is 0.728. The van der Waals surface area contributed by atoms with Gasteiger partial charge < -0.3 is 10.1 Å². The zero-order valence-corrected chi connectivity index (χ0v) is 8.81.